The Kier molecular flexibility index (Phi) is 7.45. The first-order chi connectivity index (χ1) is 17.0. The molecule has 0 spiro atoms. The molecule has 1 atom stereocenters. The molecular weight excluding hydrogens is 444 g/mol. The molecule has 1 amide bonds. The van der Waals surface area contributed by atoms with Gasteiger partial charge < -0.3 is 19.9 Å². The zero-order chi connectivity index (χ0) is 24.8. The van der Waals surface area contributed by atoms with Crippen LogP contribution in [0, 0.1) is 0 Å². The molecule has 2 N–H and O–H groups in total. The molecule has 4 aromatic rings. The van der Waals surface area contributed by atoms with E-state index in [-0.39, 0.29) is 24.1 Å². The number of aromatic nitrogens is 4. The maximum absolute atomic E-state index is 12.8. The number of methoxy groups -OCH3 is 1. The summed E-state index contributed by atoms with van der Waals surface area (Å²) in [4.78, 5) is 30.0. The number of hydrogen-bond acceptors (Lipinski definition) is 6. The standard InChI is InChI=1S/C26H30N6O3/c1-18(12-15-32-14-7-13-28-32)29-20-16-21-23(24(26(34)35-3)31(2)25(21)27-17-20)30-22(33)11-10-19-8-5-4-6-9-19/h4-9,13-14,16-18,29H,10-12,15H2,1-3H3,(H,30,33). The summed E-state index contributed by atoms with van der Waals surface area (Å²) in [5.74, 6) is -0.719. The lowest BCUT2D eigenvalue weighted by Crippen LogP contribution is -2.18. The molecule has 0 radical (unpaired) electrons. The molecule has 3 aromatic heterocycles. The van der Waals surface area contributed by atoms with Crippen molar-refractivity contribution in [3.63, 3.8) is 0 Å². The molecule has 9 heteroatoms. The predicted molar refractivity (Wildman–Crippen MR) is 135 cm³/mol. The smallest absolute Gasteiger partial charge is 0.356 e. The second-order valence-electron chi connectivity index (χ2n) is 8.51. The minimum Gasteiger partial charge on any atom is -0.464 e. The van der Waals surface area contributed by atoms with E-state index < -0.39 is 5.97 Å². The summed E-state index contributed by atoms with van der Waals surface area (Å²) in [7, 11) is 3.06. The molecule has 1 aromatic carbocycles. The van der Waals surface area contributed by atoms with Crippen LogP contribution in [0.1, 0.15) is 35.8 Å². The van der Waals surface area contributed by atoms with Crippen molar-refractivity contribution in [2.24, 2.45) is 7.05 Å². The first kappa shape index (κ1) is 24.0. The fourth-order valence-electron chi connectivity index (χ4n) is 4.07. The van der Waals surface area contributed by atoms with E-state index in [4.69, 9.17) is 4.74 Å². The highest BCUT2D eigenvalue weighted by molar-refractivity contribution is 6.11. The molecule has 0 aliphatic heterocycles. The van der Waals surface area contributed by atoms with Gasteiger partial charge in [-0.2, -0.15) is 5.10 Å². The minimum atomic E-state index is -0.536. The molecule has 0 fully saturated rings. The van der Waals surface area contributed by atoms with Crippen LogP contribution in [0.25, 0.3) is 11.0 Å². The van der Waals surface area contributed by atoms with Gasteiger partial charge in [-0.15, -0.1) is 0 Å². The third-order valence-electron chi connectivity index (χ3n) is 5.92. The average Bonchev–Trinajstić information content (AvgIpc) is 3.48. The summed E-state index contributed by atoms with van der Waals surface area (Å²) in [5.41, 5.74) is 3.12. The van der Waals surface area contributed by atoms with Gasteiger partial charge in [-0.05, 0) is 37.5 Å². The van der Waals surface area contributed by atoms with Crippen molar-refractivity contribution >= 4 is 34.3 Å². The lowest BCUT2D eigenvalue weighted by Gasteiger charge is -2.15. The number of anilines is 2. The molecule has 182 valence electrons. The minimum absolute atomic E-state index is 0.158. The Morgan fingerprint density at radius 2 is 1.97 bits per heavy atom. The number of hydrogen-bond donors (Lipinski definition) is 2. The van der Waals surface area contributed by atoms with E-state index in [2.05, 4.69) is 27.6 Å². The number of fused-ring (bicyclic) bond motifs is 1. The number of carbonyl (C=O) groups excluding carboxylic acids is 2. The summed E-state index contributed by atoms with van der Waals surface area (Å²) in [6.45, 7) is 2.88. The van der Waals surface area contributed by atoms with Crippen molar-refractivity contribution in [2.75, 3.05) is 17.7 Å². The van der Waals surface area contributed by atoms with Crippen molar-refractivity contribution in [1.82, 2.24) is 19.3 Å². The van der Waals surface area contributed by atoms with Crippen molar-refractivity contribution in [1.29, 1.82) is 0 Å². The predicted octanol–water partition coefficient (Wildman–Crippen LogP) is 4.02. The second kappa shape index (κ2) is 10.9. The fourth-order valence-corrected chi connectivity index (χ4v) is 4.07. The fraction of sp³-hybridized carbons (Fsp3) is 0.308. The molecule has 0 bridgehead atoms. The van der Waals surface area contributed by atoms with Crippen molar-refractivity contribution in [3.8, 4) is 0 Å². The normalized spacial score (nSPS) is 11.9. The molecule has 0 saturated carbocycles. The number of nitrogens with zero attached hydrogens (tertiary/aromatic N) is 4. The zero-order valence-electron chi connectivity index (χ0n) is 20.2. The van der Waals surface area contributed by atoms with Gasteiger partial charge in [0.05, 0.1) is 24.7 Å². The second-order valence-corrected chi connectivity index (χ2v) is 8.51. The van der Waals surface area contributed by atoms with Gasteiger partial charge in [0, 0.05) is 43.8 Å². The number of benzene rings is 1. The number of ether oxygens (including phenoxy) is 1. The van der Waals surface area contributed by atoms with E-state index in [1.807, 2.05) is 53.3 Å². The van der Waals surface area contributed by atoms with E-state index in [0.29, 0.717) is 23.1 Å². The van der Waals surface area contributed by atoms with Crippen LogP contribution in [0.2, 0.25) is 0 Å². The zero-order valence-corrected chi connectivity index (χ0v) is 20.2. The van der Waals surface area contributed by atoms with E-state index >= 15 is 0 Å². The highest BCUT2D eigenvalue weighted by atomic mass is 16.5. The third-order valence-corrected chi connectivity index (χ3v) is 5.92. The molecule has 0 saturated heterocycles. The van der Waals surface area contributed by atoms with E-state index in [0.717, 1.165) is 24.2 Å². The van der Waals surface area contributed by atoms with Crippen LogP contribution < -0.4 is 10.6 Å². The van der Waals surface area contributed by atoms with Crippen LogP contribution in [-0.4, -0.2) is 44.4 Å². The molecule has 3 heterocycles. The van der Waals surface area contributed by atoms with Crippen LogP contribution in [0.3, 0.4) is 0 Å². The highest BCUT2D eigenvalue weighted by Crippen LogP contribution is 2.32. The van der Waals surface area contributed by atoms with Crippen LogP contribution in [0.15, 0.2) is 61.1 Å². The van der Waals surface area contributed by atoms with Gasteiger partial charge in [0.15, 0.2) is 5.69 Å². The van der Waals surface area contributed by atoms with Crippen LogP contribution in [0.5, 0.6) is 0 Å². The van der Waals surface area contributed by atoms with Gasteiger partial charge in [-0.3, -0.25) is 9.48 Å². The molecule has 1 unspecified atom stereocenters. The Morgan fingerprint density at radius 1 is 1.17 bits per heavy atom. The maximum atomic E-state index is 12.8. The van der Waals surface area contributed by atoms with Crippen molar-refractivity contribution < 1.29 is 14.3 Å². The van der Waals surface area contributed by atoms with Crippen LogP contribution in [-0.2, 0) is 29.5 Å². The Labute approximate surface area is 204 Å². The number of esters is 1. The Balaban J connectivity index is 1.55. The first-order valence-electron chi connectivity index (χ1n) is 11.6. The van der Waals surface area contributed by atoms with E-state index in [1.54, 1.807) is 24.0 Å². The lowest BCUT2D eigenvalue weighted by molar-refractivity contribution is -0.116. The Hall–Kier alpha value is -4.14. The maximum Gasteiger partial charge on any atom is 0.356 e. The third kappa shape index (κ3) is 5.68. The Bertz CT molecular complexity index is 1300. The van der Waals surface area contributed by atoms with Crippen LogP contribution in [0.4, 0.5) is 11.4 Å². The summed E-state index contributed by atoms with van der Waals surface area (Å²) < 4.78 is 8.54. The monoisotopic (exact) mass is 474 g/mol. The molecule has 4 rings (SSSR count). The SMILES string of the molecule is COC(=O)c1c(NC(=O)CCc2ccccc2)c2cc(NC(C)CCn3cccn3)cnc2n1C. The van der Waals surface area contributed by atoms with Gasteiger partial charge in [0.1, 0.15) is 5.65 Å². The van der Waals surface area contributed by atoms with Crippen molar-refractivity contribution in [3.05, 3.63) is 72.3 Å². The molecule has 35 heavy (non-hydrogen) atoms. The van der Waals surface area contributed by atoms with Gasteiger partial charge in [0.25, 0.3) is 0 Å². The highest BCUT2D eigenvalue weighted by Gasteiger charge is 2.24. The summed E-state index contributed by atoms with van der Waals surface area (Å²) in [5, 5.41) is 11.3. The number of pyridine rings is 1. The summed E-state index contributed by atoms with van der Waals surface area (Å²) in [6, 6.07) is 13.8. The number of amides is 1. The number of carbonyl (C=O) groups is 2. The quantitative estimate of drug-likeness (QED) is 0.337. The van der Waals surface area contributed by atoms with Crippen molar-refractivity contribution in [2.45, 2.75) is 38.8 Å². The molecule has 0 aliphatic carbocycles. The summed E-state index contributed by atoms with van der Waals surface area (Å²) >= 11 is 0. The topological polar surface area (TPSA) is 103 Å². The van der Waals surface area contributed by atoms with Gasteiger partial charge in [-0.25, -0.2) is 9.78 Å². The molecule has 0 aliphatic rings. The lowest BCUT2D eigenvalue weighted by atomic mass is 10.1. The molecular formula is C26H30N6O3. The number of nitrogens with one attached hydrogen (secondary N) is 2. The number of aryl methyl sites for hydroxylation is 3. The van der Waals surface area contributed by atoms with E-state index in [9.17, 15) is 9.59 Å². The summed E-state index contributed by atoms with van der Waals surface area (Å²) in [6.07, 6.45) is 7.19. The van der Waals surface area contributed by atoms with Gasteiger partial charge in [0.2, 0.25) is 5.91 Å². The van der Waals surface area contributed by atoms with Gasteiger partial charge >= 0.3 is 5.97 Å². The first-order valence-corrected chi connectivity index (χ1v) is 11.6. The largest absolute Gasteiger partial charge is 0.464 e. The number of rotatable bonds is 10. The Morgan fingerprint density at radius 3 is 2.69 bits per heavy atom. The van der Waals surface area contributed by atoms with Gasteiger partial charge in [-0.1, -0.05) is 30.3 Å². The molecule has 9 nitrogen and oxygen atoms in total. The average molecular weight is 475 g/mol. The van der Waals surface area contributed by atoms with Crippen LogP contribution >= 0.6 is 0 Å². The van der Waals surface area contributed by atoms with E-state index in [1.165, 1.54) is 7.11 Å².